The maximum absolute atomic E-state index is 10.8. The minimum absolute atomic E-state index is 0.197. The molecule has 0 atom stereocenters. The molecule has 0 bridgehead atoms. The zero-order valence-corrected chi connectivity index (χ0v) is 9.99. The van der Waals surface area contributed by atoms with Crippen LogP contribution < -0.4 is 5.32 Å². The summed E-state index contributed by atoms with van der Waals surface area (Å²) in [4.78, 5) is 22.2. The van der Waals surface area contributed by atoms with Gasteiger partial charge in [0.05, 0.1) is 24.1 Å². The van der Waals surface area contributed by atoms with Crippen LogP contribution in [0.5, 0.6) is 0 Å². The number of nitrogens with zero attached hydrogens (tertiary/aromatic N) is 5. The molecular weight excluding hydrogens is 236 g/mol. The monoisotopic (exact) mass is 248 g/mol. The number of anilines is 1. The lowest BCUT2D eigenvalue weighted by Crippen LogP contribution is -2.07. The van der Waals surface area contributed by atoms with E-state index in [0.717, 1.165) is 5.69 Å². The number of aromatic nitrogens is 4. The Morgan fingerprint density at radius 2 is 2.17 bits per heavy atom. The summed E-state index contributed by atoms with van der Waals surface area (Å²) in [6.45, 7) is 2.20. The van der Waals surface area contributed by atoms with E-state index < -0.39 is 4.92 Å². The van der Waals surface area contributed by atoms with Gasteiger partial charge in [0.1, 0.15) is 0 Å². The highest BCUT2D eigenvalue weighted by Gasteiger charge is 2.19. The van der Waals surface area contributed by atoms with Gasteiger partial charge in [-0.05, 0) is 16.8 Å². The minimum Gasteiger partial charge on any atom is -0.359 e. The lowest BCUT2D eigenvalue weighted by Gasteiger charge is -2.05. The molecule has 2 heterocycles. The van der Waals surface area contributed by atoms with Crippen molar-refractivity contribution in [3.8, 4) is 0 Å². The summed E-state index contributed by atoms with van der Waals surface area (Å²) in [5.41, 5.74) is 1.53. The fourth-order valence-electron chi connectivity index (χ4n) is 1.44. The Kier molecular flexibility index (Phi) is 3.18. The van der Waals surface area contributed by atoms with Crippen molar-refractivity contribution in [1.29, 1.82) is 0 Å². The molecule has 0 aliphatic carbocycles. The Labute approximate surface area is 103 Å². The summed E-state index contributed by atoms with van der Waals surface area (Å²) in [5.74, 6) is 0.153. The van der Waals surface area contributed by atoms with Gasteiger partial charge in [-0.1, -0.05) is 0 Å². The molecule has 94 valence electrons. The Hall–Kier alpha value is -2.51. The van der Waals surface area contributed by atoms with E-state index in [2.05, 4.69) is 20.3 Å². The largest absolute Gasteiger partial charge is 0.406 e. The van der Waals surface area contributed by atoms with Crippen LogP contribution in [-0.2, 0) is 13.6 Å². The predicted octanol–water partition coefficient (Wildman–Crippen LogP) is 1.04. The first-order valence-electron chi connectivity index (χ1n) is 5.25. The van der Waals surface area contributed by atoms with E-state index in [0.29, 0.717) is 18.1 Å². The fourth-order valence-corrected chi connectivity index (χ4v) is 1.44. The van der Waals surface area contributed by atoms with Crippen molar-refractivity contribution in [1.82, 2.24) is 19.5 Å². The molecule has 0 unspecified atom stereocenters. The van der Waals surface area contributed by atoms with E-state index in [-0.39, 0.29) is 5.82 Å². The first-order chi connectivity index (χ1) is 8.58. The number of imidazole rings is 1. The number of hydrogen-bond donors (Lipinski definition) is 1. The zero-order valence-electron chi connectivity index (χ0n) is 9.99. The summed E-state index contributed by atoms with van der Waals surface area (Å²) in [6.07, 6.45) is 4.67. The number of aryl methyl sites for hydroxylation is 2. The van der Waals surface area contributed by atoms with Gasteiger partial charge in [0.15, 0.2) is 0 Å². The highest BCUT2D eigenvalue weighted by Crippen LogP contribution is 2.21. The minimum atomic E-state index is -0.525. The summed E-state index contributed by atoms with van der Waals surface area (Å²) in [6, 6.07) is 0. The number of nitro groups is 1. The first kappa shape index (κ1) is 12.0. The lowest BCUT2D eigenvalue weighted by molar-refractivity contribution is -0.388. The molecule has 1 N–H and O–H groups in total. The summed E-state index contributed by atoms with van der Waals surface area (Å²) < 4.78 is 1.56. The molecule has 0 amide bonds. The zero-order chi connectivity index (χ0) is 13.1. The summed E-state index contributed by atoms with van der Waals surface area (Å²) in [5, 5.41) is 13.7. The van der Waals surface area contributed by atoms with Crippen LogP contribution in [0.2, 0.25) is 0 Å². The van der Waals surface area contributed by atoms with Crippen molar-refractivity contribution in [2.75, 3.05) is 5.32 Å². The third-order valence-electron chi connectivity index (χ3n) is 2.36. The first-order valence-corrected chi connectivity index (χ1v) is 5.25. The molecule has 2 rings (SSSR count). The second-order valence-electron chi connectivity index (χ2n) is 3.79. The molecule has 0 aliphatic heterocycles. The number of rotatable bonds is 4. The fraction of sp³-hybridized carbons (Fsp3) is 0.300. The number of hydrogen-bond acceptors (Lipinski definition) is 6. The summed E-state index contributed by atoms with van der Waals surface area (Å²) in [7, 11) is 1.68. The second kappa shape index (κ2) is 4.78. The molecule has 0 saturated carbocycles. The van der Waals surface area contributed by atoms with Gasteiger partial charge in [0.2, 0.25) is 12.1 Å². The lowest BCUT2D eigenvalue weighted by atomic mass is 10.4. The van der Waals surface area contributed by atoms with Crippen LogP contribution in [0.1, 0.15) is 11.4 Å². The van der Waals surface area contributed by atoms with Gasteiger partial charge in [0, 0.05) is 13.2 Å². The van der Waals surface area contributed by atoms with Crippen LogP contribution in [0.15, 0.2) is 18.7 Å². The maximum atomic E-state index is 10.8. The van der Waals surface area contributed by atoms with E-state index in [9.17, 15) is 10.1 Å². The average Bonchev–Trinajstić information content (AvgIpc) is 2.70. The molecule has 0 radical (unpaired) electrons. The number of nitrogens with one attached hydrogen (secondary N) is 1. The molecule has 0 spiro atoms. The van der Waals surface area contributed by atoms with Gasteiger partial charge in [-0.15, -0.1) is 0 Å². The van der Waals surface area contributed by atoms with E-state index in [1.54, 1.807) is 24.0 Å². The van der Waals surface area contributed by atoms with Crippen LogP contribution in [0.3, 0.4) is 0 Å². The van der Waals surface area contributed by atoms with Gasteiger partial charge < -0.3 is 15.4 Å². The van der Waals surface area contributed by atoms with Crippen molar-refractivity contribution in [2.24, 2.45) is 7.05 Å². The van der Waals surface area contributed by atoms with E-state index in [4.69, 9.17) is 0 Å². The van der Waals surface area contributed by atoms with Gasteiger partial charge in [-0.2, -0.15) is 0 Å². The van der Waals surface area contributed by atoms with E-state index >= 15 is 0 Å². The molecule has 0 fully saturated rings. The molecule has 8 nitrogen and oxygen atoms in total. The quantitative estimate of drug-likeness (QED) is 0.641. The molecule has 0 saturated heterocycles. The molecule has 2 aromatic heterocycles. The molecule has 2 aromatic rings. The van der Waals surface area contributed by atoms with Gasteiger partial charge in [0.25, 0.3) is 0 Å². The Morgan fingerprint density at radius 1 is 1.39 bits per heavy atom. The third-order valence-corrected chi connectivity index (χ3v) is 2.36. The highest BCUT2D eigenvalue weighted by molar-refractivity contribution is 5.51. The van der Waals surface area contributed by atoms with Gasteiger partial charge >= 0.3 is 5.82 Å². The van der Waals surface area contributed by atoms with Gasteiger partial charge in [-0.25, -0.2) is 0 Å². The van der Waals surface area contributed by atoms with Crippen molar-refractivity contribution in [2.45, 2.75) is 13.5 Å². The topological polar surface area (TPSA) is 98.8 Å². The molecule has 8 heteroatoms. The second-order valence-corrected chi connectivity index (χ2v) is 3.79. The van der Waals surface area contributed by atoms with E-state index in [1.807, 2.05) is 6.92 Å². The third kappa shape index (κ3) is 2.42. The SMILES string of the molecule is Cc1cnc(CNc2c([N+](=O)[O-])ncn2C)cn1. The normalized spacial score (nSPS) is 10.3. The van der Waals surface area contributed by atoms with E-state index in [1.165, 1.54) is 6.33 Å². The molecule has 0 aliphatic rings. The smallest absolute Gasteiger partial charge is 0.359 e. The standard InChI is InChI=1S/C10H12N6O2/c1-7-3-12-8(4-11-7)5-13-9-10(16(17)18)14-6-15(9)2/h3-4,6,13H,5H2,1-2H3. The van der Waals surface area contributed by atoms with Gasteiger partial charge in [-0.3, -0.25) is 14.5 Å². The summed E-state index contributed by atoms with van der Waals surface area (Å²) >= 11 is 0. The van der Waals surface area contributed by atoms with Crippen LogP contribution in [0.4, 0.5) is 11.6 Å². The van der Waals surface area contributed by atoms with Crippen molar-refractivity contribution >= 4 is 11.6 Å². The van der Waals surface area contributed by atoms with Crippen LogP contribution in [0, 0.1) is 17.0 Å². The van der Waals surface area contributed by atoms with Crippen molar-refractivity contribution < 1.29 is 4.92 Å². The van der Waals surface area contributed by atoms with Crippen LogP contribution in [0.25, 0.3) is 0 Å². The Morgan fingerprint density at radius 3 is 2.78 bits per heavy atom. The van der Waals surface area contributed by atoms with Crippen molar-refractivity contribution in [3.63, 3.8) is 0 Å². The van der Waals surface area contributed by atoms with Crippen LogP contribution >= 0.6 is 0 Å². The van der Waals surface area contributed by atoms with Crippen molar-refractivity contribution in [3.05, 3.63) is 40.2 Å². The maximum Gasteiger partial charge on any atom is 0.406 e. The Balaban J connectivity index is 2.12. The van der Waals surface area contributed by atoms with Crippen LogP contribution in [-0.4, -0.2) is 24.4 Å². The molecule has 0 aromatic carbocycles. The molecule has 18 heavy (non-hydrogen) atoms. The Bertz CT molecular complexity index is 562. The predicted molar refractivity (Wildman–Crippen MR) is 64.0 cm³/mol. The molecular formula is C10H12N6O2. The highest BCUT2D eigenvalue weighted by atomic mass is 16.6. The average molecular weight is 248 g/mol.